The molecule has 4 nitrogen and oxygen atoms in total. The molecule has 20 heavy (non-hydrogen) atoms. The molecule has 112 valence electrons. The van der Waals surface area contributed by atoms with E-state index in [4.69, 9.17) is 0 Å². The van der Waals surface area contributed by atoms with Crippen molar-refractivity contribution in [3.8, 4) is 0 Å². The number of hydrogen-bond acceptors (Lipinski definition) is 2. The average molecular weight is 278 g/mol. The lowest BCUT2D eigenvalue weighted by Gasteiger charge is -2.46. The van der Waals surface area contributed by atoms with Crippen molar-refractivity contribution in [2.24, 2.45) is 5.92 Å². The molecule has 2 amide bonds. The lowest BCUT2D eigenvalue weighted by Crippen LogP contribution is -2.70. The number of carbonyl (C=O) groups excluding carboxylic acids is 2. The second-order valence-corrected chi connectivity index (χ2v) is 6.91. The van der Waals surface area contributed by atoms with Gasteiger partial charge in [-0.15, -0.1) is 0 Å². The SMILES string of the molecule is CCC(CC1CC1)N1C(=O)C2(CCCC2)NC(=O)C1C. The van der Waals surface area contributed by atoms with Crippen LogP contribution in [-0.2, 0) is 9.59 Å². The molecule has 0 radical (unpaired) electrons. The fourth-order valence-corrected chi connectivity index (χ4v) is 3.96. The van der Waals surface area contributed by atoms with E-state index in [2.05, 4.69) is 12.2 Å². The fraction of sp³-hybridized carbons (Fsp3) is 0.875. The van der Waals surface area contributed by atoms with E-state index in [0.29, 0.717) is 0 Å². The first-order valence-corrected chi connectivity index (χ1v) is 8.22. The predicted octanol–water partition coefficient (Wildman–Crippen LogP) is 2.22. The van der Waals surface area contributed by atoms with Gasteiger partial charge < -0.3 is 10.2 Å². The molecule has 0 aromatic carbocycles. The monoisotopic (exact) mass is 278 g/mol. The number of rotatable bonds is 4. The minimum absolute atomic E-state index is 0.0424. The molecule has 1 N–H and O–H groups in total. The Hall–Kier alpha value is -1.06. The quantitative estimate of drug-likeness (QED) is 0.857. The van der Waals surface area contributed by atoms with Crippen LogP contribution in [0, 0.1) is 5.92 Å². The third kappa shape index (κ3) is 2.23. The van der Waals surface area contributed by atoms with Crippen LogP contribution in [0.4, 0.5) is 0 Å². The van der Waals surface area contributed by atoms with E-state index in [1.165, 1.54) is 12.8 Å². The van der Waals surface area contributed by atoms with Crippen molar-refractivity contribution in [3.63, 3.8) is 0 Å². The molecule has 2 saturated carbocycles. The molecule has 1 saturated heterocycles. The summed E-state index contributed by atoms with van der Waals surface area (Å²) in [4.78, 5) is 27.3. The van der Waals surface area contributed by atoms with Crippen LogP contribution in [0.3, 0.4) is 0 Å². The van der Waals surface area contributed by atoms with Crippen molar-refractivity contribution in [1.29, 1.82) is 0 Å². The molecule has 0 aromatic heterocycles. The molecule has 3 fully saturated rings. The van der Waals surface area contributed by atoms with Crippen LogP contribution in [0.2, 0.25) is 0 Å². The van der Waals surface area contributed by atoms with Gasteiger partial charge in [-0.2, -0.15) is 0 Å². The molecular weight excluding hydrogens is 252 g/mol. The van der Waals surface area contributed by atoms with E-state index in [9.17, 15) is 9.59 Å². The minimum atomic E-state index is -0.569. The standard InChI is InChI=1S/C16H26N2O2/c1-3-13(10-12-6-7-12)18-11(2)14(19)17-16(15(18)20)8-4-5-9-16/h11-13H,3-10H2,1-2H3,(H,17,19). The number of hydrogen-bond donors (Lipinski definition) is 1. The fourth-order valence-electron chi connectivity index (χ4n) is 3.96. The molecule has 3 rings (SSSR count). The maximum absolute atomic E-state index is 13.0. The maximum atomic E-state index is 13.0. The molecule has 2 atom stereocenters. The first-order chi connectivity index (χ1) is 9.57. The highest BCUT2D eigenvalue weighted by Crippen LogP contribution is 2.39. The van der Waals surface area contributed by atoms with Crippen molar-refractivity contribution >= 4 is 11.8 Å². The van der Waals surface area contributed by atoms with Gasteiger partial charge in [0.25, 0.3) is 0 Å². The average Bonchev–Trinajstić information content (AvgIpc) is 3.13. The van der Waals surface area contributed by atoms with Crippen molar-refractivity contribution in [3.05, 3.63) is 0 Å². The van der Waals surface area contributed by atoms with Crippen molar-refractivity contribution in [1.82, 2.24) is 10.2 Å². The van der Waals surface area contributed by atoms with Gasteiger partial charge in [-0.25, -0.2) is 0 Å². The summed E-state index contributed by atoms with van der Waals surface area (Å²) < 4.78 is 0. The van der Waals surface area contributed by atoms with Crippen molar-refractivity contribution in [2.75, 3.05) is 0 Å². The summed E-state index contributed by atoms with van der Waals surface area (Å²) in [7, 11) is 0. The Balaban J connectivity index is 1.84. The van der Waals surface area contributed by atoms with Gasteiger partial charge in [0.15, 0.2) is 0 Å². The summed E-state index contributed by atoms with van der Waals surface area (Å²) in [6, 6.07) is -0.0639. The van der Waals surface area contributed by atoms with Gasteiger partial charge in [0.2, 0.25) is 11.8 Å². The van der Waals surface area contributed by atoms with E-state index in [1.54, 1.807) is 0 Å². The molecule has 2 unspecified atom stereocenters. The molecule has 1 aliphatic heterocycles. The van der Waals surface area contributed by atoms with Gasteiger partial charge in [0.1, 0.15) is 11.6 Å². The molecule has 3 aliphatic rings. The topological polar surface area (TPSA) is 49.4 Å². The van der Waals surface area contributed by atoms with Gasteiger partial charge in [-0.1, -0.05) is 32.6 Å². The third-order valence-electron chi connectivity index (χ3n) is 5.43. The van der Waals surface area contributed by atoms with Gasteiger partial charge in [-0.3, -0.25) is 9.59 Å². The van der Waals surface area contributed by atoms with E-state index in [-0.39, 0.29) is 23.9 Å². The summed E-state index contributed by atoms with van der Waals surface area (Å²) in [6.45, 7) is 4.02. The Morgan fingerprint density at radius 1 is 1.30 bits per heavy atom. The smallest absolute Gasteiger partial charge is 0.249 e. The molecule has 4 heteroatoms. The van der Waals surface area contributed by atoms with Crippen LogP contribution in [0.15, 0.2) is 0 Å². The number of nitrogens with zero attached hydrogens (tertiary/aromatic N) is 1. The summed E-state index contributed by atoms with van der Waals surface area (Å²) in [5.41, 5.74) is -0.569. The third-order valence-corrected chi connectivity index (χ3v) is 5.43. The summed E-state index contributed by atoms with van der Waals surface area (Å²) in [5, 5.41) is 3.04. The lowest BCUT2D eigenvalue weighted by atomic mass is 9.88. The van der Waals surface area contributed by atoms with Gasteiger partial charge >= 0.3 is 0 Å². The van der Waals surface area contributed by atoms with Gasteiger partial charge in [0, 0.05) is 6.04 Å². The highest BCUT2D eigenvalue weighted by atomic mass is 16.2. The maximum Gasteiger partial charge on any atom is 0.249 e. The highest BCUT2D eigenvalue weighted by Gasteiger charge is 2.52. The van der Waals surface area contributed by atoms with Crippen LogP contribution < -0.4 is 5.32 Å². The highest BCUT2D eigenvalue weighted by molar-refractivity contribution is 6.00. The van der Waals surface area contributed by atoms with Crippen molar-refractivity contribution < 1.29 is 9.59 Å². The number of carbonyl (C=O) groups is 2. The summed E-state index contributed by atoms with van der Waals surface area (Å²) >= 11 is 0. The number of piperazine rings is 1. The molecular formula is C16H26N2O2. The Bertz CT molecular complexity index is 411. The first kappa shape index (κ1) is 13.9. The molecule has 1 heterocycles. The largest absolute Gasteiger partial charge is 0.340 e. The normalized spacial score (nSPS) is 30.7. The Kier molecular flexibility index (Phi) is 3.51. The second kappa shape index (κ2) is 5.05. The summed E-state index contributed by atoms with van der Waals surface area (Å²) in [6.07, 6.45) is 8.36. The van der Waals surface area contributed by atoms with Crippen LogP contribution in [0.5, 0.6) is 0 Å². The second-order valence-electron chi connectivity index (χ2n) is 6.91. The number of amides is 2. The number of nitrogens with one attached hydrogen (secondary N) is 1. The van der Waals surface area contributed by atoms with Crippen LogP contribution >= 0.6 is 0 Å². The van der Waals surface area contributed by atoms with E-state index in [0.717, 1.165) is 44.4 Å². The Morgan fingerprint density at radius 2 is 1.95 bits per heavy atom. The van der Waals surface area contributed by atoms with E-state index < -0.39 is 5.54 Å². The van der Waals surface area contributed by atoms with Crippen LogP contribution in [0.25, 0.3) is 0 Å². The molecule has 0 bridgehead atoms. The summed E-state index contributed by atoms with van der Waals surface area (Å²) in [5.74, 6) is 1.01. The van der Waals surface area contributed by atoms with Gasteiger partial charge in [-0.05, 0) is 38.5 Å². The predicted molar refractivity (Wildman–Crippen MR) is 77.1 cm³/mol. The molecule has 1 spiro atoms. The van der Waals surface area contributed by atoms with E-state index >= 15 is 0 Å². The van der Waals surface area contributed by atoms with Gasteiger partial charge in [0.05, 0.1) is 0 Å². The zero-order chi connectivity index (χ0) is 14.3. The molecule has 0 aromatic rings. The lowest BCUT2D eigenvalue weighted by molar-refractivity contribution is -0.157. The minimum Gasteiger partial charge on any atom is -0.340 e. The zero-order valence-electron chi connectivity index (χ0n) is 12.7. The first-order valence-electron chi connectivity index (χ1n) is 8.22. The van der Waals surface area contributed by atoms with Crippen molar-refractivity contribution in [2.45, 2.75) is 82.8 Å². The Morgan fingerprint density at radius 3 is 2.50 bits per heavy atom. The van der Waals surface area contributed by atoms with Crippen LogP contribution in [-0.4, -0.2) is 34.3 Å². The molecule has 2 aliphatic carbocycles. The zero-order valence-corrected chi connectivity index (χ0v) is 12.7. The Labute approximate surface area is 121 Å². The van der Waals surface area contributed by atoms with E-state index in [1.807, 2.05) is 11.8 Å². The van der Waals surface area contributed by atoms with Crippen LogP contribution in [0.1, 0.15) is 65.2 Å².